The molecule has 0 aliphatic carbocycles. The third-order valence-corrected chi connectivity index (χ3v) is 3.22. The highest BCUT2D eigenvalue weighted by atomic mass is 79.9. The van der Waals surface area contributed by atoms with E-state index in [-0.39, 0.29) is 25.3 Å². The summed E-state index contributed by atoms with van der Waals surface area (Å²) < 4.78 is 22.8. The third-order valence-electron chi connectivity index (χ3n) is 2.56. The number of amides is 1. The van der Waals surface area contributed by atoms with Crippen molar-refractivity contribution in [2.45, 2.75) is 0 Å². The third kappa shape index (κ3) is 4.57. The molecule has 0 N–H and O–H groups in total. The van der Waals surface area contributed by atoms with Crippen molar-refractivity contribution in [2.75, 3.05) is 33.9 Å². The van der Waals surface area contributed by atoms with Gasteiger partial charge in [0.25, 0.3) is 5.91 Å². The Labute approximate surface area is 124 Å². The van der Waals surface area contributed by atoms with Crippen LogP contribution >= 0.6 is 15.9 Å². The molecule has 0 aliphatic heterocycles. The molecule has 20 heavy (non-hydrogen) atoms. The zero-order valence-corrected chi connectivity index (χ0v) is 12.8. The van der Waals surface area contributed by atoms with Crippen LogP contribution in [0.25, 0.3) is 0 Å². The van der Waals surface area contributed by atoms with Crippen molar-refractivity contribution in [1.29, 1.82) is 0 Å². The van der Waals surface area contributed by atoms with Crippen LogP contribution in [0, 0.1) is 5.82 Å². The van der Waals surface area contributed by atoms with Crippen molar-refractivity contribution in [2.24, 2.45) is 0 Å². The average Bonchev–Trinajstić information content (AvgIpc) is 2.42. The summed E-state index contributed by atoms with van der Waals surface area (Å²) in [7, 11) is 2.74. The molecule has 1 rings (SSSR count). The number of hydrogen-bond acceptors (Lipinski definition) is 4. The summed E-state index contributed by atoms with van der Waals surface area (Å²) in [6.07, 6.45) is 0. The minimum atomic E-state index is -0.535. The maximum Gasteiger partial charge on any atom is 0.325 e. The second-order valence-corrected chi connectivity index (χ2v) is 4.77. The minimum Gasteiger partial charge on any atom is -0.468 e. The second kappa shape index (κ2) is 7.96. The maximum atomic E-state index is 13.0. The first-order valence-electron chi connectivity index (χ1n) is 5.79. The highest BCUT2D eigenvalue weighted by Gasteiger charge is 2.21. The van der Waals surface area contributed by atoms with E-state index < -0.39 is 17.7 Å². The molecule has 7 heteroatoms. The number of halogens is 2. The summed E-state index contributed by atoms with van der Waals surface area (Å²) in [5, 5.41) is 0. The molecular formula is C13H15BrFNO4. The van der Waals surface area contributed by atoms with Crippen LogP contribution in [-0.2, 0) is 14.3 Å². The van der Waals surface area contributed by atoms with Crippen LogP contribution in [0.5, 0.6) is 0 Å². The van der Waals surface area contributed by atoms with Gasteiger partial charge in [0.2, 0.25) is 0 Å². The van der Waals surface area contributed by atoms with Crippen molar-refractivity contribution in [3.63, 3.8) is 0 Å². The van der Waals surface area contributed by atoms with Gasteiger partial charge in [-0.25, -0.2) is 4.39 Å². The number of hydrogen-bond donors (Lipinski definition) is 0. The van der Waals surface area contributed by atoms with Gasteiger partial charge in [0.05, 0.1) is 19.3 Å². The average molecular weight is 348 g/mol. The van der Waals surface area contributed by atoms with Crippen LogP contribution in [0.4, 0.5) is 4.39 Å². The van der Waals surface area contributed by atoms with Crippen molar-refractivity contribution in [3.8, 4) is 0 Å². The van der Waals surface area contributed by atoms with E-state index in [1.165, 1.54) is 37.3 Å². The molecule has 1 aromatic carbocycles. The van der Waals surface area contributed by atoms with Gasteiger partial charge in [-0.1, -0.05) is 0 Å². The van der Waals surface area contributed by atoms with E-state index in [0.717, 1.165) is 0 Å². The summed E-state index contributed by atoms with van der Waals surface area (Å²) in [5.74, 6) is -1.39. The fourth-order valence-electron chi connectivity index (χ4n) is 1.51. The molecule has 1 amide bonds. The van der Waals surface area contributed by atoms with Gasteiger partial charge in [-0.05, 0) is 34.1 Å². The van der Waals surface area contributed by atoms with Gasteiger partial charge in [-0.3, -0.25) is 9.59 Å². The zero-order chi connectivity index (χ0) is 15.1. The molecule has 0 radical (unpaired) electrons. The predicted octanol–water partition coefficient (Wildman–Crippen LogP) is 1.85. The van der Waals surface area contributed by atoms with Crippen LogP contribution in [0.1, 0.15) is 10.4 Å². The van der Waals surface area contributed by atoms with E-state index in [0.29, 0.717) is 4.47 Å². The van der Waals surface area contributed by atoms with Crippen molar-refractivity contribution in [1.82, 2.24) is 4.90 Å². The summed E-state index contributed by atoms with van der Waals surface area (Å²) >= 11 is 3.13. The number of benzene rings is 1. The Morgan fingerprint density at radius 3 is 2.60 bits per heavy atom. The molecule has 5 nitrogen and oxygen atoms in total. The number of carbonyl (C=O) groups excluding carboxylic acids is 2. The number of esters is 1. The van der Waals surface area contributed by atoms with E-state index in [4.69, 9.17) is 4.74 Å². The number of rotatable bonds is 6. The smallest absolute Gasteiger partial charge is 0.325 e. The fraction of sp³-hybridized carbons (Fsp3) is 0.385. The molecule has 0 saturated carbocycles. The summed E-state index contributed by atoms with van der Waals surface area (Å²) in [6.45, 7) is 0.318. The fourth-order valence-corrected chi connectivity index (χ4v) is 2.03. The normalized spacial score (nSPS) is 10.2. The van der Waals surface area contributed by atoms with Crippen LogP contribution in [-0.4, -0.2) is 50.7 Å². The molecule has 0 unspecified atom stereocenters. The first-order chi connectivity index (χ1) is 9.49. The Hall–Kier alpha value is -1.47. The lowest BCUT2D eigenvalue weighted by atomic mass is 10.2. The van der Waals surface area contributed by atoms with E-state index in [2.05, 4.69) is 20.7 Å². The topological polar surface area (TPSA) is 55.8 Å². The van der Waals surface area contributed by atoms with Gasteiger partial charge in [0.1, 0.15) is 12.4 Å². The molecule has 0 atom stereocenters. The molecule has 0 spiro atoms. The number of nitrogens with zero attached hydrogens (tertiary/aromatic N) is 1. The molecule has 1 aromatic rings. The lowest BCUT2D eigenvalue weighted by molar-refractivity contribution is -0.141. The second-order valence-electron chi connectivity index (χ2n) is 3.92. The molecule has 0 fully saturated rings. The van der Waals surface area contributed by atoms with E-state index in [1.54, 1.807) is 0 Å². The largest absolute Gasteiger partial charge is 0.468 e. The number of ether oxygens (including phenoxy) is 2. The first kappa shape index (κ1) is 16.6. The SMILES string of the molecule is COCCN(CC(=O)OC)C(=O)c1ccc(F)cc1Br. The molecule has 0 saturated heterocycles. The Morgan fingerprint density at radius 1 is 1.35 bits per heavy atom. The first-order valence-corrected chi connectivity index (χ1v) is 6.59. The van der Waals surface area contributed by atoms with Crippen molar-refractivity contribution < 1.29 is 23.5 Å². The van der Waals surface area contributed by atoms with Gasteiger partial charge in [0, 0.05) is 18.1 Å². The van der Waals surface area contributed by atoms with Crippen molar-refractivity contribution in [3.05, 3.63) is 34.1 Å². The lowest BCUT2D eigenvalue weighted by Crippen LogP contribution is -2.38. The van der Waals surface area contributed by atoms with Gasteiger partial charge >= 0.3 is 5.97 Å². The van der Waals surface area contributed by atoms with E-state index >= 15 is 0 Å². The van der Waals surface area contributed by atoms with Crippen LogP contribution < -0.4 is 0 Å². The lowest BCUT2D eigenvalue weighted by Gasteiger charge is -2.21. The summed E-state index contributed by atoms with van der Waals surface area (Å²) in [6, 6.07) is 3.74. The minimum absolute atomic E-state index is 0.192. The number of methoxy groups -OCH3 is 2. The highest BCUT2D eigenvalue weighted by Crippen LogP contribution is 2.19. The van der Waals surface area contributed by atoms with Gasteiger partial charge in [-0.15, -0.1) is 0 Å². The zero-order valence-electron chi connectivity index (χ0n) is 11.2. The van der Waals surface area contributed by atoms with Crippen LogP contribution in [0.3, 0.4) is 0 Å². The standard InChI is InChI=1S/C13H15BrFNO4/c1-19-6-5-16(8-12(17)20-2)13(18)10-4-3-9(15)7-11(10)14/h3-4,7H,5-6,8H2,1-2H3. The number of carbonyl (C=O) groups is 2. The predicted molar refractivity (Wildman–Crippen MR) is 73.9 cm³/mol. The van der Waals surface area contributed by atoms with Gasteiger partial charge < -0.3 is 14.4 Å². The summed E-state index contributed by atoms with van der Waals surface area (Å²) in [5.41, 5.74) is 0.270. The quantitative estimate of drug-likeness (QED) is 0.737. The Balaban J connectivity index is 2.93. The van der Waals surface area contributed by atoms with E-state index in [9.17, 15) is 14.0 Å². The molecule has 0 aliphatic rings. The molecular weight excluding hydrogens is 333 g/mol. The van der Waals surface area contributed by atoms with Crippen molar-refractivity contribution >= 4 is 27.8 Å². The molecule has 0 aromatic heterocycles. The highest BCUT2D eigenvalue weighted by molar-refractivity contribution is 9.10. The maximum absolute atomic E-state index is 13.0. The Kier molecular flexibility index (Phi) is 6.60. The van der Waals surface area contributed by atoms with Gasteiger partial charge in [-0.2, -0.15) is 0 Å². The van der Waals surface area contributed by atoms with Crippen LogP contribution in [0.15, 0.2) is 22.7 Å². The monoisotopic (exact) mass is 347 g/mol. The molecule has 110 valence electrons. The Bertz CT molecular complexity index is 495. The Morgan fingerprint density at radius 2 is 2.05 bits per heavy atom. The molecule has 0 heterocycles. The molecule has 0 bridgehead atoms. The van der Waals surface area contributed by atoms with E-state index in [1.807, 2.05) is 0 Å². The van der Waals surface area contributed by atoms with Crippen LogP contribution in [0.2, 0.25) is 0 Å². The summed E-state index contributed by atoms with van der Waals surface area (Å²) in [4.78, 5) is 25.0. The van der Waals surface area contributed by atoms with Gasteiger partial charge in [0.15, 0.2) is 0 Å².